The first kappa shape index (κ1) is 53.2. The second-order valence-corrected chi connectivity index (χ2v) is 24.5. The van der Waals surface area contributed by atoms with Crippen LogP contribution in [0.4, 0.5) is 0 Å². The Morgan fingerprint density at radius 1 is 0.434 bits per heavy atom. The minimum atomic E-state index is -4.66. The van der Waals surface area contributed by atoms with Gasteiger partial charge in [-0.2, -0.15) is 23.5 Å². The van der Waals surface area contributed by atoms with Gasteiger partial charge in [-0.05, 0) is 48.7 Å². The molecule has 0 bridgehead atoms. The van der Waals surface area contributed by atoms with Crippen LogP contribution in [-0.2, 0) is 52.9 Å². The molecule has 2 heterocycles. The minimum absolute atomic E-state index is 0. The molecular weight excluding hydrogens is 1160 g/mol. The second-order valence-electron chi connectivity index (χ2n) is 11.7. The van der Waals surface area contributed by atoms with Gasteiger partial charge in [0, 0.05) is 22.4 Å². The van der Waals surface area contributed by atoms with Crippen molar-refractivity contribution in [3.8, 4) is 0 Å². The fourth-order valence-corrected chi connectivity index (χ4v) is 15.6. The zero-order chi connectivity index (χ0) is 36.8. The van der Waals surface area contributed by atoms with E-state index in [2.05, 4.69) is 50.2 Å². The molecule has 2 fully saturated rings. The summed E-state index contributed by atoms with van der Waals surface area (Å²) in [6.07, 6.45) is 5.85. The molecule has 4 aromatic carbocycles. The number of hydrogen-bond donors (Lipinski definition) is 0. The van der Waals surface area contributed by atoms with Crippen LogP contribution in [-0.4, -0.2) is 23.0 Å². The van der Waals surface area contributed by atoms with Crippen LogP contribution >= 0.6 is 37.2 Å². The van der Waals surface area contributed by atoms with E-state index in [1.807, 2.05) is 0 Å². The van der Waals surface area contributed by atoms with E-state index < -0.39 is 34.1 Å². The summed E-state index contributed by atoms with van der Waals surface area (Å²) >= 11 is 4.15. The summed E-state index contributed by atoms with van der Waals surface area (Å²) in [6.45, 7) is 7.67. The normalized spacial score (nSPS) is 15.5. The Bertz CT molecular complexity index is 1350. The number of halogens is 2. The maximum atomic E-state index is 11.1. The van der Waals surface area contributed by atoms with Crippen molar-refractivity contribution in [1.29, 1.82) is 0 Å². The smallest absolute Gasteiger partial charge is 0.358 e. The quantitative estimate of drug-likeness (QED) is 0.146. The van der Waals surface area contributed by atoms with E-state index in [4.69, 9.17) is 8.15 Å². The van der Waals surface area contributed by atoms with Gasteiger partial charge in [-0.15, -0.1) is 0 Å². The molecule has 1 radical (unpaired) electrons. The molecule has 0 aromatic heterocycles. The van der Waals surface area contributed by atoms with Gasteiger partial charge in [0.1, 0.15) is 0 Å². The van der Waals surface area contributed by atoms with Crippen molar-refractivity contribution in [2.45, 2.75) is 25.7 Å². The van der Waals surface area contributed by atoms with Crippen LogP contribution in [0.15, 0.2) is 121 Å². The Kier molecular flexibility index (Phi) is 23.6. The third-order valence-corrected chi connectivity index (χ3v) is 19.9. The van der Waals surface area contributed by atoms with E-state index in [0.717, 1.165) is 0 Å². The van der Waals surface area contributed by atoms with E-state index >= 15 is 0 Å². The molecule has 0 aliphatic carbocycles. The van der Waals surface area contributed by atoms with Gasteiger partial charge in [-0.1, -0.05) is 0 Å². The zero-order valence-corrected chi connectivity index (χ0v) is 38.6. The van der Waals surface area contributed by atoms with Crippen LogP contribution in [0.1, 0.15) is 25.7 Å². The van der Waals surface area contributed by atoms with E-state index in [1.165, 1.54) is 48.7 Å². The summed E-state index contributed by atoms with van der Waals surface area (Å²) < 4.78 is 76.6. The van der Waals surface area contributed by atoms with Gasteiger partial charge in [0.05, 0.1) is 0 Å². The molecule has 2 aliphatic heterocycles. The van der Waals surface area contributed by atoms with Crippen LogP contribution in [0.2, 0.25) is 0 Å². The van der Waals surface area contributed by atoms with Gasteiger partial charge >= 0.3 is 262 Å². The largest absolute Gasteiger partial charge is 0.358 e. The van der Waals surface area contributed by atoms with Gasteiger partial charge in [0.15, 0.2) is 0 Å². The average Bonchev–Trinajstić information content (AvgIpc) is 3.86. The van der Waals surface area contributed by atoms with E-state index in [0.29, 0.717) is 21.2 Å². The van der Waals surface area contributed by atoms with Gasteiger partial charge in [0.2, 0.25) is 0 Å². The van der Waals surface area contributed by atoms with Crippen LogP contribution in [0.25, 0.3) is 0 Å². The fraction of sp³-hybridized carbons (Fsp3) is 0.216. The molecule has 0 saturated carbocycles. The topological polar surface area (TPSA) is 157 Å². The molecule has 2 saturated heterocycles. The third-order valence-electron chi connectivity index (χ3n) is 7.58. The number of thioether (sulfide) groups is 2. The van der Waals surface area contributed by atoms with Crippen LogP contribution in [0.5, 0.6) is 0 Å². The standard InChI is InChI=1S/2C14H14ClO4P.2C4H8S.CH3.2Au/c2*1-20(2,19-15(16,17)18,13-9-5-3-6-10-13)14-11-7-4-8-12-14;2*1-2-4-5-3-1;;;/h2*3-12H,1-2H2;2*1-4H2;1H3;;/q2*-2;;;-1;;+3. The predicted octanol–water partition coefficient (Wildman–Crippen LogP) is 2.68. The van der Waals surface area contributed by atoms with Crippen LogP contribution < -0.4 is 49.2 Å². The third kappa shape index (κ3) is 16.9. The van der Waals surface area contributed by atoms with Gasteiger partial charge < -0.3 is 7.43 Å². The molecule has 0 atom stereocenters. The van der Waals surface area contributed by atoms with Gasteiger partial charge in [0.25, 0.3) is 0 Å². The summed E-state index contributed by atoms with van der Waals surface area (Å²) in [5.41, 5.74) is 0. The molecule has 0 unspecified atom stereocenters. The Balaban J connectivity index is 0.000000770. The Morgan fingerprint density at radius 2 is 0.623 bits per heavy atom. The Morgan fingerprint density at radius 3 is 0.755 bits per heavy atom. The monoisotopic (exact) mass is 1210 g/mol. The van der Waals surface area contributed by atoms with Crippen molar-refractivity contribution in [3.05, 3.63) is 155 Å². The Hall–Kier alpha value is 0.181. The summed E-state index contributed by atoms with van der Waals surface area (Å²) in [4.78, 5) is 0. The van der Waals surface area contributed by atoms with Crippen molar-refractivity contribution in [2.24, 2.45) is 0 Å². The molecule has 4 aromatic rings. The first-order valence-corrected chi connectivity index (χ1v) is 25.4. The number of hydrogen-bond acceptors (Lipinski definition) is 10. The summed E-state index contributed by atoms with van der Waals surface area (Å²) in [5.74, 6) is 5.67. The maximum Gasteiger partial charge on any atom is -0.358 e. The number of rotatable bonds is 8. The SMILES string of the molecule is C1CCSC1.C1CCSC1.[Au+3].[Au].[CH2-]P([CH2-])(O[Cl+3]([O-])([O-])[O-])(c1ccccc1)c1ccccc1.[CH2-]P([CH2-])(O[Cl+3]([O-])([O-])[O-])(c1ccccc1)c1ccccc1.[CH3-]. The summed E-state index contributed by atoms with van der Waals surface area (Å²) in [7, 11) is -9.31. The van der Waals surface area contributed by atoms with Crippen molar-refractivity contribution >= 4 is 58.4 Å². The summed E-state index contributed by atoms with van der Waals surface area (Å²) in [6, 6.07) is 34.1. The molecule has 2 aliphatic rings. The summed E-state index contributed by atoms with van der Waals surface area (Å²) in [5, 5.41) is 1.93. The Labute approximate surface area is 360 Å². The van der Waals surface area contributed by atoms with E-state index in [9.17, 15) is 28.0 Å². The molecule has 0 N–H and O–H groups in total. The van der Waals surface area contributed by atoms with Crippen LogP contribution in [0.3, 0.4) is 0 Å². The van der Waals surface area contributed by atoms with E-state index in [-0.39, 0.29) is 52.2 Å². The molecule has 6 rings (SSSR count). The average molecular weight is 1210 g/mol. The van der Waals surface area contributed by atoms with Crippen molar-refractivity contribution in [2.75, 3.05) is 23.0 Å². The molecule has 16 heteroatoms. The molecule has 0 spiro atoms. The molecule has 303 valence electrons. The van der Waals surface area contributed by atoms with Gasteiger partial charge in [-0.3, -0.25) is 0 Å². The fourth-order valence-electron chi connectivity index (χ4n) is 4.98. The van der Waals surface area contributed by atoms with Crippen molar-refractivity contribution in [1.82, 2.24) is 0 Å². The first-order chi connectivity index (χ1) is 23.4. The van der Waals surface area contributed by atoms with E-state index in [1.54, 1.807) is 121 Å². The van der Waals surface area contributed by atoms with Crippen LogP contribution in [0, 0.1) is 54.6 Å². The van der Waals surface area contributed by atoms with Crippen molar-refractivity contribution in [3.63, 3.8) is 0 Å². The predicted molar refractivity (Wildman–Crippen MR) is 201 cm³/mol. The van der Waals surface area contributed by atoms with Crippen molar-refractivity contribution < 1.29 is 101 Å². The zero-order valence-electron chi connectivity index (χ0n) is 29.4. The molecule has 53 heavy (non-hydrogen) atoms. The maximum absolute atomic E-state index is 11.1. The van der Waals surface area contributed by atoms with Gasteiger partial charge in [-0.25, -0.2) is 0 Å². The second kappa shape index (κ2) is 23.6. The minimum Gasteiger partial charge on any atom is -0.358 e. The number of benzene rings is 4. The molecular formula is C37H47Au2Cl2O8P2S2-2. The molecule has 8 nitrogen and oxygen atoms in total. The first-order valence-electron chi connectivity index (χ1n) is 15.6. The molecule has 0 amide bonds.